The fourth-order valence-corrected chi connectivity index (χ4v) is 1.69. The van der Waals surface area contributed by atoms with Gasteiger partial charge in [-0.1, -0.05) is 25.1 Å². The summed E-state index contributed by atoms with van der Waals surface area (Å²) < 4.78 is 0. The van der Waals surface area contributed by atoms with Crippen molar-refractivity contribution in [2.75, 3.05) is 0 Å². The lowest BCUT2D eigenvalue weighted by atomic mass is 10.1. The number of hydrogen-bond acceptors (Lipinski definition) is 1. The van der Waals surface area contributed by atoms with Crippen LogP contribution in [0.15, 0.2) is 29.1 Å². The van der Waals surface area contributed by atoms with E-state index in [1.54, 1.807) is 0 Å². The average Bonchev–Trinajstić information content (AvgIpc) is 2.19. The van der Waals surface area contributed by atoms with Gasteiger partial charge in [-0.05, 0) is 30.4 Å². The molecule has 72 valence electrons. The number of benzene rings is 1. The van der Waals surface area contributed by atoms with Crippen molar-refractivity contribution in [3.8, 4) is 0 Å². The molecule has 2 aromatic rings. The summed E-state index contributed by atoms with van der Waals surface area (Å²) in [7, 11) is 0. The molecule has 1 heterocycles. The lowest BCUT2D eigenvalue weighted by molar-refractivity contribution is 1.08. The third-order valence-electron chi connectivity index (χ3n) is 2.55. The molecule has 0 aliphatic rings. The normalized spacial score (nSPS) is 10.7. The fourth-order valence-electron chi connectivity index (χ4n) is 1.69. The topological polar surface area (TPSA) is 32.9 Å². The summed E-state index contributed by atoms with van der Waals surface area (Å²) in [6.07, 6.45) is 0.777. The van der Waals surface area contributed by atoms with Crippen LogP contribution >= 0.6 is 0 Å². The Morgan fingerprint density at radius 2 is 2.14 bits per heavy atom. The first-order valence-electron chi connectivity index (χ1n) is 4.84. The van der Waals surface area contributed by atoms with Crippen molar-refractivity contribution in [3.63, 3.8) is 0 Å². The largest absolute Gasteiger partial charge is 0.321 e. The highest BCUT2D eigenvalue weighted by Crippen LogP contribution is 2.14. The van der Waals surface area contributed by atoms with E-state index in [-0.39, 0.29) is 5.56 Å². The van der Waals surface area contributed by atoms with Crippen molar-refractivity contribution < 1.29 is 0 Å². The molecule has 0 aliphatic heterocycles. The van der Waals surface area contributed by atoms with Gasteiger partial charge < -0.3 is 4.98 Å². The van der Waals surface area contributed by atoms with Crippen LogP contribution in [0.3, 0.4) is 0 Å². The number of aromatic nitrogens is 1. The van der Waals surface area contributed by atoms with E-state index >= 15 is 0 Å². The van der Waals surface area contributed by atoms with Crippen LogP contribution < -0.4 is 5.56 Å². The van der Waals surface area contributed by atoms with Crippen molar-refractivity contribution in [1.82, 2.24) is 4.98 Å². The molecule has 2 nitrogen and oxygen atoms in total. The molecule has 0 amide bonds. The van der Waals surface area contributed by atoms with Gasteiger partial charge in [-0.2, -0.15) is 0 Å². The molecule has 0 fully saturated rings. The molecule has 1 aromatic heterocycles. The molecule has 0 bridgehead atoms. The summed E-state index contributed by atoms with van der Waals surface area (Å²) in [6.45, 7) is 4.00. The van der Waals surface area contributed by atoms with Crippen molar-refractivity contribution in [1.29, 1.82) is 0 Å². The first-order valence-corrected chi connectivity index (χ1v) is 4.84. The van der Waals surface area contributed by atoms with Gasteiger partial charge in [-0.3, -0.25) is 4.79 Å². The second kappa shape index (κ2) is 3.29. The van der Waals surface area contributed by atoms with E-state index in [1.807, 2.05) is 38.1 Å². The third-order valence-corrected chi connectivity index (χ3v) is 2.55. The number of fused-ring (bicyclic) bond motifs is 1. The Kier molecular flexibility index (Phi) is 2.12. The number of aryl methyl sites for hydroxylation is 2. The van der Waals surface area contributed by atoms with Crippen LogP contribution in [0.1, 0.15) is 18.1 Å². The Balaban J connectivity index is 2.86. The van der Waals surface area contributed by atoms with Gasteiger partial charge in [-0.25, -0.2) is 0 Å². The van der Waals surface area contributed by atoms with Crippen LogP contribution in [-0.2, 0) is 6.42 Å². The van der Waals surface area contributed by atoms with Gasteiger partial charge in [0.1, 0.15) is 0 Å². The molecule has 1 N–H and O–H groups in total. The van der Waals surface area contributed by atoms with Gasteiger partial charge in [0.15, 0.2) is 0 Å². The number of para-hydroxylation sites is 1. The Morgan fingerprint density at radius 3 is 2.86 bits per heavy atom. The van der Waals surface area contributed by atoms with E-state index in [2.05, 4.69) is 4.98 Å². The molecular weight excluding hydrogens is 174 g/mol. The zero-order valence-electron chi connectivity index (χ0n) is 8.42. The van der Waals surface area contributed by atoms with Crippen molar-refractivity contribution in [3.05, 3.63) is 45.7 Å². The summed E-state index contributed by atoms with van der Waals surface area (Å²) in [6, 6.07) is 8.01. The van der Waals surface area contributed by atoms with Crippen molar-refractivity contribution in [2.24, 2.45) is 0 Å². The van der Waals surface area contributed by atoms with Crippen LogP contribution in [0, 0.1) is 6.92 Å². The number of H-pyrrole nitrogens is 1. The second-order valence-corrected chi connectivity index (χ2v) is 3.52. The summed E-state index contributed by atoms with van der Waals surface area (Å²) in [5.74, 6) is 0. The minimum Gasteiger partial charge on any atom is -0.321 e. The summed E-state index contributed by atoms with van der Waals surface area (Å²) in [4.78, 5) is 14.5. The molecule has 14 heavy (non-hydrogen) atoms. The van der Waals surface area contributed by atoms with E-state index < -0.39 is 0 Å². The molecule has 0 atom stereocenters. The zero-order chi connectivity index (χ0) is 10.1. The highest BCUT2D eigenvalue weighted by molar-refractivity contribution is 5.81. The van der Waals surface area contributed by atoms with Gasteiger partial charge >= 0.3 is 0 Å². The standard InChI is InChI=1S/C12H13NO/c1-3-9-7-10-6-4-5-8(2)11(10)13-12(9)14/h4-7H,3H2,1-2H3,(H,13,14). The smallest absolute Gasteiger partial charge is 0.251 e. The Bertz CT molecular complexity index is 525. The van der Waals surface area contributed by atoms with E-state index in [0.717, 1.165) is 28.5 Å². The Labute approximate surface area is 82.6 Å². The SMILES string of the molecule is CCc1cc2cccc(C)c2[nH]c1=O. The van der Waals surface area contributed by atoms with Gasteiger partial charge in [0.2, 0.25) is 0 Å². The highest BCUT2D eigenvalue weighted by Gasteiger charge is 2.01. The quantitative estimate of drug-likeness (QED) is 0.730. The number of rotatable bonds is 1. The molecule has 0 saturated carbocycles. The molecule has 0 spiro atoms. The first kappa shape index (κ1) is 9.00. The molecule has 0 aliphatic carbocycles. The van der Waals surface area contributed by atoms with Crippen molar-refractivity contribution >= 4 is 10.9 Å². The van der Waals surface area contributed by atoms with Gasteiger partial charge in [-0.15, -0.1) is 0 Å². The van der Waals surface area contributed by atoms with Crippen molar-refractivity contribution in [2.45, 2.75) is 20.3 Å². The van der Waals surface area contributed by atoms with Gasteiger partial charge in [0.25, 0.3) is 5.56 Å². The molecule has 0 radical (unpaired) electrons. The number of pyridine rings is 1. The van der Waals surface area contributed by atoms with Gasteiger partial charge in [0, 0.05) is 5.56 Å². The second-order valence-electron chi connectivity index (χ2n) is 3.52. The maximum atomic E-state index is 11.6. The van der Waals surface area contributed by atoms with E-state index in [9.17, 15) is 4.79 Å². The maximum absolute atomic E-state index is 11.6. The van der Waals surface area contributed by atoms with Crippen LogP contribution in [0.25, 0.3) is 10.9 Å². The predicted molar refractivity (Wildman–Crippen MR) is 58.7 cm³/mol. The average molecular weight is 187 g/mol. The van der Waals surface area contributed by atoms with Crippen LogP contribution in [0.2, 0.25) is 0 Å². The summed E-state index contributed by atoms with van der Waals surface area (Å²) in [5, 5.41) is 1.11. The zero-order valence-corrected chi connectivity index (χ0v) is 8.42. The highest BCUT2D eigenvalue weighted by atomic mass is 16.1. The van der Waals surface area contributed by atoms with Crippen LogP contribution in [0.4, 0.5) is 0 Å². The van der Waals surface area contributed by atoms with E-state index in [1.165, 1.54) is 0 Å². The number of nitrogens with one attached hydrogen (secondary N) is 1. The minimum atomic E-state index is 0.0364. The molecule has 0 saturated heterocycles. The number of aromatic amines is 1. The van der Waals surface area contributed by atoms with Crippen LogP contribution in [-0.4, -0.2) is 4.98 Å². The fraction of sp³-hybridized carbons (Fsp3) is 0.250. The Hall–Kier alpha value is -1.57. The lowest BCUT2D eigenvalue weighted by Crippen LogP contribution is -2.11. The molecule has 2 rings (SSSR count). The number of hydrogen-bond donors (Lipinski definition) is 1. The minimum absolute atomic E-state index is 0.0364. The summed E-state index contributed by atoms with van der Waals surface area (Å²) >= 11 is 0. The summed E-state index contributed by atoms with van der Waals surface area (Å²) in [5.41, 5.74) is 2.95. The Morgan fingerprint density at radius 1 is 1.36 bits per heavy atom. The maximum Gasteiger partial charge on any atom is 0.251 e. The molecule has 2 heteroatoms. The molecule has 0 unspecified atom stereocenters. The van der Waals surface area contributed by atoms with E-state index in [0.29, 0.717) is 0 Å². The van der Waals surface area contributed by atoms with Gasteiger partial charge in [0.05, 0.1) is 5.52 Å². The third kappa shape index (κ3) is 1.33. The monoisotopic (exact) mass is 187 g/mol. The molecule has 1 aromatic carbocycles. The first-order chi connectivity index (χ1) is 6.72. The predicted octanol–water partition coefficient (Wildman–Crippen LogP) is 2.40. The lowest BCUT2D eigenvalue weighted by Gasteiger charge is -2.03. The van der Waals surface area contributed by atoms with Crippen LogP contribution in [0.5, 0.6) is 0 Å². The van der Waals surface area contributed by atoms with E-state index in [4.69, 9.17) is 0 Å². The molecular formula is C12H13NO.